The van der Waals surface area contributed by atoms with Gasteiger partial charge in [-0.15, -0.1) is 24.8 Å². The normalized spacial score (nSPS) is 17.6. The van der Waals surface area contributed by atoms with Crippen molar-refractivity contribution in [2.24, 2.45) is 11.1 Å². The largest absolute Gasteiger partial charge is 0.354 e. The Hall–Kier alpha value is -0.0300. The quantitative estimate of drug-likeness (QED) is 0.813. The molecule has 1 aliphatic rings. The van der Waals surface area contributed by atoms with Crippen LogP contribution in [0.3, 0.4) is 0 Å². The molecule has 1 saturated carbocycles. The van der Waals surface area contributed by atoms with Crippen LogP contribution in [-0.2, 0) is 4.79 Å². The summed E-state index contributed by atoms with van der Waals surface area (Å²) in [5, 5.41) is 3.08. The Balaban J connectivity index is 0. The van der Waals surface area contributed by atoms with E-state index in [1.807, 2.05) is 13.8 Å². The van der Waals surface area contributed by atoms with Gasteiger partial charge in [-0.25, -0.2) is 0 Å². The topological polar surface area (TPSA) is 58.4 Å². The summed E-state index contributed by atoms with van der Waals surface area (Å²) in [7, 11) is 4.21. The number of likely N-dealkylation sites (N-methyl/N-ethyl adjacent to an activating group) is 1. The van der Waals surface area contributed by atoms with Gasteiger partial charge >= 0.3 is 0 Å². The molecule has 6 heteroatoms. The van der Waals surface area contributed by atoms with Gasteiger partial charge in [0.2, 0.25) is 5.91 Å². The number of carbonyl (C=O) groups excluding carboxylic acids is 1. The van der Waals surface area contributed by atoms with Crippen molar-refractivity contribution in [2.75, 3.05) is 27.2 Å². The zero-order valence-corrected chi connectivity index (χ0v) is 14.1. The van der Waals surface area contributed by atoms with E-state index in [1.165, 1.54) is 25.7 Å². The van der Waals surface area contributed by atoms with Gasteiger partial charge < -0.3 is 16.0 Å². The Morgan fingerprint density at radius 1 is 1.26 bits per heavy atom. The summed E-state index contributed by atoms with van der Waals surface area (Å²) in [4.78, 5) is 14.3. The van der Waals surface area contributed by atoms with Crippen molar-refractivity contribution in [1.82, 2.24) is 10.2 Å². The van der Waals surface area contributed by atoms with E-state index in [0.717, 1.165) is 6.54 Å². The number of nitrogens with zero attached hydrogens (tertiary/aromatic N) is 1. The van der Waals surface area contributed by atoms with E-state index >= 15 is 0 Å². The molecule has 0 aromatic carbocycles. The molecule has 19 heavy (non-hydrogen) atoms. The van der Waals surface area contributed by atoms with E-state index in [-0.39, 0.29) is 36.3 Å². The SMILES string of the molecule is CN(C)C1(CNC(=O)C(C)(C)CN)CCCC1.Cl.Cl. The lowest BCUT2D eigenvalue weighted by Gasteiger charge is -2.37. The van der Waals surface area contributed by atoms with Gasteiger partial charge in [0.15, 0.2) is 0 Å². The number of rotatable bonds is 5. The Bertz CT molecular complexity index is 277. The lowest BCUT2D eigenvalue weighted by molar-refractivity contribution is -0.129. The van der Waals surface area contributed by atoms with Gasteiger partial charge in [-0.3, -0.25) is 4.79 Å². The predicted octanol–water partition coefficient (Wildman–Crippen LogP) is 1.81. The molecule has 0 aromatic rings. The van der Waals surface area contributed by atoms with Crippen LogP contribution < -0.4 is 11.1 Å². The minimum Gasteiger partial charge on any atom is -0.354 e. The molecule has 1 amide bonds. The molecule has 0 aromatic heterocycles. The van der Waals surface area contributed by atoms with Crippen molar-refractivity contribution >= 4 is 30.7 Å². The number of hydrogen-bond acceptors (Lipinski definition) is 3. The molecule has 0 atom stereocenters. The van der Waals surface area contributed by atoms with Crippen molar-refractivity contribution in [3.8, 4) is 0 Å². The predicted molar refractivity (Wildman–Crippen MR) is 85.2 cm³/mol. The maximum absolute atomic E-state index is 12.0. The van der Waals surface area contributed by atoms with E-state index in [9.17, 15) is 4.79 Å². The van der Waals surface area contributed by atoms with Crippen molar-refractivity contribution in [3.63, 3.8) is 0 Å². The zero-order valence-electron chi connectivity index (χ0n) is 12.5. The van der Waals surface area contributed by atoms with Crippen molar-refractivity contribution in [2.45, 2.75) is 45.1 Å². The van der Waals surface area contributed by atoms with E-state index in [2.05, 4.69) is 24.3 Å². The second kappa shape index (κ2) is 8.30. The van der Waals surface area contributed by atoms with Crippen molar-refractivity contribution in [3.05, 3.63) is 0 Å². The van der Waals surface area contributed by atoms with E-state index in [1.54, 1.807) is 0 Å². The molecule has 3 N–H and O–H groups in total. The van der Waals surface area contributed by atoms with Crippen LogP contribution in [-0.4, -0.2) is 43.5 Å². The number of amides is 1. The van der Waals surface area contributed by atoms with Crippen LogP contribution in [0.4, 0.5) is 0 Å². The second-order valence-electron chi connectivity index (χ2n) is 6.10. The Labute approximate surface area is 129 Å². The highest BCUT2D eigenvalue weighted by molar-refractivity contribution is 5.85. The fourth-order valence-electron chi connectivity index (χ4n) is 2.39. The monoisotopic (exact) mass is 313 g/mol. The van der Waals surface area contributed by atoms with Crippen molar-refractivity contribution < 1.29 is 4.79 Å². The highest BCUT2D eigenvalue weighted by atomic mass is 35.5. The first-order valence-electron chi connectivity index (χ1n) is 6.50. The lowest BCUT2D eigenvalue weighted by atomic mass is 9.91. The molecule has 0 radical (unpaired) electrons. The first-order chi connectivity index (χ1) is 7.84. The maximum atomic E-state index is 12.0. The molecular formula is C13H29Cl2N3O. The van der Waals surface area contributed by atoms with Crippen LogP contribution in [0.5, 0.6) is 0 Å². The summed E-state index contributed by atoms with van der Waals surface area (Å²) in [6.45, 7) is 4.90. The molecular weight excluding hydrogens is 285 g/mol. The average Bonchev–Trinajstić information content (AvgIpc) is 2.75. The number of hydrogen-bond donors (Lipinski definition) is 2. The van der Waals surface area contributed by atoms with Crippen molar-refractivity contribution in [1.29, 1.82) is 0 Å². The Morgan fingerprint density at radius 3 is 2.11 bits per heavy atom. The van der Waals surface area contributed by atoms with Crippen LogP contribution in [0.1, 0.15) is 39.5 Å². The summed E-state index contributed by atoms with van der Waals surface area (Å²) in [5.41, 5.74) is 5.30. The molecule has 0 heterocycles. The summed E-state index contributed by atoms with van der Waals surface area (Å²) in [6.07, 6.45) is 4.86. The lowest BCUT2D eigenvalue weighted by Crippen LogP contribution is -2.53. The molecule has 1 fully saturated rings. The summed E-state index contributed by atoms with van der Waals surface area (Å²) >= 11 is 0. The smallest absolute Gasteiger partial charge is 0.226 e. The van der Waals surface area contributed by atoms with E-state index in [4.69, 9.17) is 5.73 Å². The maximum Gasteiger partial charge on any atom is 0.226 e. The molecule has 0 saturated heterocycles. The van der Waals surface area contributed by atoms with Crippen LogP contribution >= 0.6 is 24.8 Å². The second-order valence-corrected chi connectivity index (χ2v) is 6.10. The van der Waals surface area contributed by atoms with Crippen LogP contribution in [0.25, 0.3) is 0 Å². The minimum atomic E-state index is -0.466. The third kappa shape index (κ3) is 5.10. The number of halogens is 2. The minimum absolute atomic E-state index is 0. The number of carbonyl (C=O) groups is 1. The first-order valence-corrected chi connectivity index (χ1v) is 6.50. The van der Waals surface area contributed by atoms with E-state index < -0.39 is 5.41 Å². The summed E-state index contributed by atoms with van der Waals surface area (Å²) in [6, 6.07) is 0. The highest BCUT2D eigenvalue weighted by Gasteiger charge is 2.37. The summed E-state index contributed by atoms with van der Waals surface area (Å²) in [5.74, 6) is 0.0631. The number of nitrogens with two attached hydrogens (primary N) is 1. The molecule has 1 aliphatic carbocycles. The van der Waals surface area contributed by atoms with Crippen LogP contribution in [0, 0.1) is 5.41 Å². The van der Waals surface area contributed by atoms with Gasteiger partial charge in [0, 0.05) is 18.6 Å². The number of nitrogens with one attached hydrogen (secondary N) is 1. The molecule has 0 spiro atoms. The molecule has 4 nitrogen and oxygen atoms in total. The summed E-state index contributed by atoms with van der Waals surface area (Å²) < 4.78 is 0. The molecule has 1 rings (SSSR count). The molecule has 0 unspecified atom stereocenters. The first kappa shape index (κ1) is 21.3. The Morgan fingerprint density at radius 2 is 1.74 bits per heavy atom. The highest BCUT2D eigenvalue weighted by Crippen LogP contribution is 2.33. The molecule has 0 bridgehead atoms. The third-order valence-corrected chi connectivity index (χ3v) is 4.19. The molecule has 0 aliphatic heterocycles. The van der Waals surface area contributed by atoms with Gasteiger partial charge in [0.25, 0.3) is 0 Å². The van der Waals surface area contributed by atoms with Crippen LogP contribution in [0.2, 0.25) is 0 Å². The van der Waals surface area contributed by atoms with Gasteiger partial charge in [-0.1, -0.05) is 12.8 Å². The average molecular weight is 314 g/mol. The van der Waals surface area contributed by atoms with Crippen LogP contribution in [0.15, 0.2) is 0 Å². The fourth-order valence-corrected chi connectivity index (χ4v) is 2.39. The van der Waals surface area contributed by atoms with Gasteiger partial charge in [0.1, 0.15) is 0 Å². The van der Waals surface area contributed by atoms with Gasteiger partial charge in [-0.2, -0.15) is 0 Å². The third-order valence-electron chi connectivity index (χ3n) is 4.19. The zero-order chi connectivity index (χ0) is 13.1. The van der Waals surface area contributed by atoms with E-state index in [0.29, 0.717) is 6.54 Å². The standard InChI is InChI=1S/C13H27N3O.2ClH/c1-12(2,9-14)11(17)15-10-13(16(3)4)7-5-6-8-13;;/h5-10,14H2,1-4H3,(H,15,17);2*1H. The fraction of sp³-hybridized carbons (Fsp3) is 0.923. The van der Waals surface area contributed by atoms with Gasteiger partial charge in [-0.05, 0) is 40.8 Å². The molecule has 116 valence electrons. The Kier molecular flexibility index (Phi) is 9.29. The van der Waals surface area contributed by atoms with Gasteiger partial charge in [0.05, 0.1) is 5.41 Å².